The van der Waals surface area contributed by atoms with Crippen molar-refractivity contribution in [1.29, 1.82) is 5.26 Å². The number of amides is 2. The lowest BCUT2D eigenvalue weighted by atomic mass is 9.78. The minimum Gasteiger partial charge on any atom is -0.372 e. The molecular weight excluding hydrogens is 461 g/mol. The number of carbonyl (C=O) groups excluding carboxylic acids is 2. The molecule has 2 saturated heterocycles. The van der Waals surface area contributed by atoms with Crippen LogP contribution in [0.4, 0.5) is 18.9 Å². The molecule has 8 nitrogen and oxygen atoms in total. The highest BCUT2D eigenvalue weighted by atomic mass is 19.4. The van der Waals surface area contributed by atoms with Crippen LogP contribution >= 0.6 is 0 Å². The lowest BCUT2D eigenvalue weighted by molar-refractivity contribution is -0.137. The lowest BCUT2D eigenvalue weighted by Gasteiger charge is -2.37. The van der Waals surface area contributed by atoms with E-state index in [9.17, 15) is 22.8 Å². The third kappa shape index (κ3) is 4.97. The molecule has 186 valence electrons. The summed E-state index contributed by atoms with van der Waals surface area (Å²) in [5.41, 5.74) is 0.186. The fourth-order valence-corrected chi connectivity index (χ4v) is 5.27. The molecule has 3 heterocycles. The van der Waals surface area contributed by atoms with Crippen molar-refractivity contribution >= 4 is 17.5 Å². The Hall–Kier alpha value is -3.55. The molecule has 4 rings (SSSR count). The van der Waals surface area contributed by atoms with Gasteiger partial charge in [0.1, 0.15) is 5.69 Å². The zero-order valence-corrected chi connectivity index (χ0v) is 19.5. The third-order valence-electron chi connectivity index (χ3n) is 7.10. The summed E-state index contributed by atoms with van der Waals surface area (Å²) in [4.78, 5) is 29.1. The summed E-state index contributed by atoms with van der Waals surface area (Å²) in [7, 11) is 1.58. The maximum atomic E-state index is 13.4. The normalized spacial score (nSPS) is 21.1. The Bertz CT molecular complexity index is 1150. The van der Waals surface area contributed by atoms with Gasteiger partial charge in [-0.15, -0.1) is 0 Å². The number of piperidine rings is 1. The molecule has 0 spiro atoms. The van der Waals surface area contributed by atoms with Crippen molar-refractivity contribution in [2.75, 3.05) is 38.1 Å². The number of rotatable bonds is 4. The lowest BCUT2D eigenvalue weighted by Crippen LogP contribution is -2.41. The first-order valence-corrected chi connectivity index (χ1v) is 11.5. The first kappa shape index (κ1) is 24.6. The van der Waals surface area contributed by atoms with Gasteiger partial charge in [-0.1, -0.05) is 0 Å². The molecular formula is C24H27F3N6O2. The van der Waals surface area contributed by atoms with E-state index < -0.39 is 17.3 Å². The molecule has 2 atom stereocenters. The zero-order valence-electron chi connectivity index (χ0n) is 19.5. The van der Waals surface area contributed by atoms with Crippen LogP contribution in [0.25, 0.3) is 0 Å². The number of nitrogens with one attached hydrogen (secondary N) is 2. The average Bonchev–Trinajstić information content (AvgIpc) is 3.49. The summed E-state index contributed by atoms with van der Waals surface area (Å²) >= 11 is 0. The molecule has 0 radical (unpaired) electrons. The number of H-pyrrole nitrogens is 1. The van der Waals surface area contributed by atoms with E-state index in [0.717, 1.165) is 11.8 Å². The van der Waals surface area contributed by atoms with Gasteiger partial charge in [0.05, 0.1) is 23.1 Å². The quantitative estimate of drug-likeness (QED) is 0.689. The van der Waals surface area contributed by atoms with Gasteiger partial charge in [-0.3, -0.25) is 14.7 Å². The third-order valence-corrected chi connectivity index (χ3v) is 7.10. The molecule has 2 N–H and O–H groups in total. The van der Waals surface area contributed by atoms with E-state index >= 15 is 0 Å². The Morgan fingerprint density at radius 1 is 1.20 bits per heavy atom. The van der Waals surface area contributed by atoms with E-state index in [0.29, 0.717) is 50.4 Å². The molecule has 11 heteroatoms. The maximum absolute atomic E-state index is 13.4. The predicted octanol–water partition coefficient (Wildman–Crippen LogP) is 2.96. The van der Waals surface area contributed by atoms with Gasteiger partial charge in [-0.05, 0) is 55.9 Å². The van der Waals surface area contributed by atoms with Crippen molar-refractivity contribution in [3.05, 3.63) is 46.8 Å². The SMILES string of the molecule is CNC(=O)[C@@H]1CN(C(=O)c2cc(C)[nH]n2)C[C@H]1C1CCN(c2ccc(C#N)c(C(F)(F)F)c2)CC1. The van der Waals surface area contributed by atoms with E-state index in [1.54, 1.807) is 30.1 Å². The highest BCUT2D eigenvalue weighted by Crippen LogP contribution is 2.39. The number of halogens is 3. The second-order valence-electron chi connectivity index (χ2n) is 9.19. The Kier molecular flexibility index (Phi) is 6.74. The van der Waals surface area contributed by atoms with Gasteiger partial charge >= 0.3 is 6.18 Å². The molecule has 1 aromatic heterocycles. The summed E-state index contributed by atoms with van der Waals surface area (Å²) in [6.45, 7) is 3.60. The van der Waals surface area contributed by atoms with Crippen LogP contribution in [0, 0.1) is 36.0 Å². The molecule has 2 aromatic rings. The largest absolute Gasteiger partial charge is 0.417 e. The van der Waals surface area contributed by atoms with Crippen LogP contribution in [-0.4, -0.2) is 60.1 Å². The molecule has 1 aromatic carbocycles. The monoisotopic (exact) mass is 488 g/mol. The minimum atomic E-state index is -4.60. The second-order valence-corrected chi connectivity index (χ2v) is 9.19. The summed E-state index contributed by atoms with van der Waals surface area (Å²) in [5.74, 6) is -0.596. The molecule has 2 fully saturated rings. The standard InChI is InChI=1S/C24H27F3N6O2/c1-14-9-21(31-30-14)23(35)33-12-18(19(13-33)22(34)29-2)15-5-7-32(8-6-15)17-4-3-16(11-28)20(10-17)24(25,26)27/h3-4,9-10,15,18-19H,5-8,12-13H2,1-2H3,(H,29,34)(H,30,31)/t18-,19+/m0/s1. The summed E-state index contributed by atoms with van der Waals surface area (Å²) in [6.07, 6.45) is -3.24. The van der Waals surface area contributed by atoms with Gasteiger partial charge in [0.2, 0.25) is 5.91 Å². The van der Waals surface area contributed by atoms with Crippen molar-refractivity contribution in [1.82, 2.24) is 20.4 Å². The molecule has 2 amide bonds. The number of nitriles is 1. The number of anilines is 1. The summed E-state index contributed by atoms with van der Waals surface area (Å²) in [5, 5.41) is 18.5. The first-order chi connectivity index (χ1) is 16.6. The van der Waals surface area contributed by atoms with E-state index in [2.05, 4.69) is 15.5 Å². The fourth-order valence-electron chi connectivity index (χ4n) is 5.27. The number of benzene rings is 1. The van der Waals surface area contributed by atoms with E-state index in [4.69, 9.17) is 5.26 Å². The van der Waals surface area contributed by atoms with Gasteiger partial charge in [0, 0.05) is 44.6 Å². The van der Waals surface area contributed by atoms with E-state index in [-0.39, 0.29) is 29.6 Å². The Balaban J connectivity index is 1.47. The molecule has 0 saturated carbocycles. The minimum absolute atomic E-state index is 0.0483. The highest BCUT2D eigenvalue weighted by Gasteiger charge is 2.44. The molecule has 0 bridgehead atoms. The number of likely N-dealkylation sites (tertiary alicyclic amines) is 1. The average molecular weight is 489 g/mol. The topological polar surface area (TPSA) is 105 Å². The number of nitrogens with zero attached hydrogens (tertiary/aromatic N) is 4. The molecule has 2 aliphatic heterocycles. The van der Waals surface area contributed by atoms with Gasteiger partial charge in [0.25, 0.3) is 5.91 Å². The van der Waals surface area contributed by atoms with Crippen molar-refractivity contribution in [3.8, 4) is 6.07 Å². The Labute approximate surface area is 201 Å². The van der Waals surface area contributed by atoms with Crippen molar-refractivity contribution < 1.29 is 22.8 Å². The summed E-state index contributed by atoms with van der Waals surface area (Å²) < 4.78 is 40.1. The van der Waals surface area contributed by atoms with E-state index in [1.807, 2.05) is 11.8 Å². The number of hydrogen-bond donors (Lipinski definition) is 2. The zero-order chi connectivity index (χ0) is 25.3. The fraction of sp³-hybridized carbons (Fsp3) is 0.500. The maximum Gasteiger partial charge on any atom is 0.417 e. The van der Waals surface area contributed by atoms with Gasteiger partial charge in [-0.2, -0.15) is 23.5 Å². The second kappa shape index (κ2) is 9.60. The van der Waals surface area contributed by atoms with Crippen LogP contribution in [0.1, 0.15) is 40.2 Å². The van der Waals surface area contributed by atoms with Crippen LogP contribution in [0.5, 0.6) is 0 Å². The van der Waals surface area contributed by atoms with Gasteiger partial charge < -0.3 is 15.1 Å². The van der Waals surface area contributed by atoms with Gasteiger partial charge in [0.15, 0.2) is 0 Å². The molecule has 2 aliphatic rings. The van der Waals surface area contributed by atoms with Crippen LogP contribution in [0.15, 0.2) is 24.3 Å². The molecule has 35 heavy (non-hydrogen) atoms. The number of alkyl halides is 3. The van der Waals surface area contributed by atoms with Crippen LogP contribution in [-0.2, 0) is 11.0 Å². The predicted molar refractivity (Wildman–Crippen MR) is 121 cm³/mol. The van der Waals surface area contributed by atoms with Crippen LogP contribution in [0.3, 0.4) is 0 Å². The van der Waals surface area contributed by atoms with Crippen molar-refractivity contribution in [2.24, 2.45) is 17.8 Å². The van der Waals surface area contributed by atoms with Crippen molar-refractivity contribution in [3.63, 3.8) is 0 Å². The number of aromatic amines is 1. The first-order valence-electron chi connectivity index (χ1n) is 11.5. The Morgan fingerprint density at radius 2 is 1.91 bits per heavy atom. The number of aromatic nitrogens is 2. The van der Waals surface area contributed by atoms with Gasteiger partial charge in [-0.25, -0.2) is 0 Å². The molecule has 0 aliphatic carbocycles. The summed E-state index contributed by atoms with van der Waals surface area (Å²) in [6, 6.07) is 7.08. The number of hydrogen-bond acceptors (Lipinski definition) is 5. The van der Waals surface area contributed by atoms with E-state index in [1.165, 1.54) is 6.07 Å². The van der Waals surface area contributed by atoms with Crippen molar-refractivity contribution in [2.45, 2.75) is 25.9 Å². The highest BCUT2D eigenvalue weighted by molar-refractivity contribution is 5.93. The van der Waals surface area contributed by atoms with Crippen LogP contribution < -0.4 is 10.2 Å². The molecule has 0 unspecified atom stereocenters. The Morgan fingerprint density at radius 3 is 2.49 bits per heavy atom. The smallest absolute Gasteiger partial charge is 0.372 e. The number of carbonyl (C=O) groups is 2. The number of aryl methyl sites for hydroxylation is 1. The van der Waals surface area contributed by atoms with Crippen LogP contribution in [0.2, 0.25) is 0 Å².